The Kier molecular flexibility index (Phi) is 6.82. The molecule has 0 unspecified atom stereocenters. The van der Waals surface area contributed by atoms with Gasteiger partial charge in [0.1, 0.15) is 17.6 Å². The molecule has 0 amide bonds. The van der Waals surface area contributed by atoms with Gasteiger partial charge in [0.15, 0.2) is 10.7 Å². The van der Waals surface area contributed by atoms with Crippen LogP contribution in [-0.4, -0.2) is 37.3 Å². The highest BCUT2D eigenvalue weighted by Crippen LogP contribution is 2.35. The molecule has 9 heteroatoms. The standard InChI is InChI=1S/C27H29N3O5S/c1-4-34-26(32)23-17(2)28-27-30(24(23)19-10-6-7-11-20(19)33-3)25(31)21(36-27)16-18-12-13-22(35-18)29-14-8-5-9-15-29/h6-7,10-13,16,24H,4-5,8-9,14-15H2,1-3H3/t24-/m1/s1. The lowest BCUT2D eigenvalue weighted by molar-refractivity contribution is -0.139. The molecular formula is C27H29N3O5S. The Morgan fingerprint density at radius 3 is 2.72 bits per heavy atom. The maximum atomic E-state index is 13.8. The summed E-state index contributed by atoms with van der Waals surface area (Å²) >= 11 is 1.27. The van der Waals surface area contributed by atoms with E-state index in [0.717, 1.165) is 31.8 Å². The first-order chi connectivity index (χ1) is 17.5. The monoisotopic (exact) mass is 507 g/mol. The third-order valence-electron chi connectivity index (χ3n) is 6.50. The van der Waals surface area contributed by atoms with Crippen LogP contribution >= 0.6 is 11.3 Å². The van der Waals surface area contributed by atoms with Gasteiger partial charge in [-0.05, 0) is 45.2 Å². The van der Waals surface area contributed by atoms with Crippen molar-refractivity contribution >= 4 is 29.3 Å². The number of furan rings is 1. The van der Waals surface area contributed by atoms with E-state index in [1.54, 1.807) is 31.6 Å². The molecule has 0 saturated carbocycles. The fourth-order valence-electron chi connectivity index (χ4n) is 4.81. The van der Waals surface area contributed by atoms with Crippen LogP contribution in [0.5, 0.6) is 5.75 Å². The third kappa shape index (κ3) is 4.39. The van der Waals surface area contributed by atoms with Gasteiger partial charge in [-0.15, -0.1) is 0 Å². The Bertz CT molecular complexity index is 1490. The SMILES string of the molecule is CCOC(=O)C1=C(C)N=c2sc(=Cc3ccc(N4CCCCC4)o3)c(=O)n2[C@@H]1c1ccccc1OC. The van der Waals surface area contributed by atoms with Crippen LogP contribution in [-0.2, 0) is 9.53 Å². The first-order valence-electron chi connectivity index (χ1n) is 12.2. The highest BCUT2D eigenvalue weighted by molar-refractivity contribution is 7.07. The Hall–Kier alpha value is -3.59. The summed E-state index contributed by atoms with van der Waals surface area (Å²) in [7, 11) is 1.57. The van der Waals surface area contributed by atoms with Gasteiger partial charge in [0.05, 0.1) is 29.5 Å². The van der Waals surface area contributed by atoms with Crippen molar-refractivity contribution in [3.05, 3.63) is 78.7 Å². The van der Waals surface area contributed by atoms with E-state index in [-0.39, 0.29) is 12.2 Å². The Morgan fingerprint density at radius 1 is 1.19 bits per heavy atom. The van der Waals surface area contributed by atoms with Gasteiger partial charge in [-0.2, -0.15) is 0 Å². The number of esters is 1. The molecule has 2 aliphatic heterocycles. The summed E-state index contributed by atoms with van der Waals surface area (Å²) in [5, 5.41) is 0. The second-order valence-electron chi connectivity index (χ2n) is 8.77. The van der Waals surface area contributed by atoms with Crippen LogP contribution in [0, 0.1) is 0 Å². The van der Waals surface area contributed by atoms with Crippen molar-refractivity contribution in [1.29, 1.82) is 0 Å². The van der Waals surface area contributed by atoms with Crippen molar-refractivity contribution in [3.63, 3.8) is 0 Å². The lowest BCUT2D eigenvalue weighted by atomic mass is 9.95. The van der Waals surface area contributed by atoms with E-state index in [1.807, 2.05) is 36.4 Å². The molecule has 3 aromatic rings. The highest BCUT2D eigenvalue weighted by atomic mass is 32.1. The number of carbonyl (C=O) groups is 1. The first kappa shape index (κ1) is 24.1. The number of thiazole rings is 1. The van der Waals surface area contributed by atoms with Crippen LogP contribution < -0.4 is 24.5 Å². The van der Waals surface area contributed by atoms with Crippen LogP contribution in [0.3, 0.4) is 0 Å². The van der Waals surface area contributed by atoms with E-state index in [4.69, 9.17) is 13.9 Å². The maximum absolute atomic E-state index is 13.8. The third-order valence-corrected chi connectivity index (χ3v) is 7.49. The average molecular weight is 508 g/mol. The summed E-state index contributed by atoms with van der Waals surface area (Å²) in [6.45, 7) is 5.69. The molecule has 1 fully saturated rings. The maximum Gasteiger partial charge on any atom is 0.338 e. The summed E-state index contributed by atoms with van der Waals surface area (Å²) in [4.78, 5) is 34.2. The molecule has 1 aromatic carbocycles. The topological polar surface area (TPSA) is 86.3 Å². The molecule has 1 atom stereocenters. The molecule has 8 nitrogen and oxygen atoms in total. The number of carbonyl (C=O) groups excluding carboxylic acids is 1. The van der Waals surface area contributed by atoms with Crippen LogP contribution in [0.1, 0.15) is 50.5 Å². The van der Waals surface area contributed by atoms with Gasteiger partial charge >= 0.3 is 5.97 Å². The number of anilines is 1. The molecule has 0 bridgehead atoms. The van der Waals surface area contributed by atoms with Crippen LogP contribution in [0.25, 0.3) is 6.08 Å². The number of nitrogens with zero attached hydrogens (tertiary/aromatic N) is 3. The number of rotatable bonds is 6. The number of allylic oxidation sites excluding steroid dienone is 1. The summed E-state index contributed by atoms with van der Waals surface area (Å²) in [6.07, 6.45) is 5.30. The minimum Gasteiger partial charge on any atom is -0.496 e. The zero-order valence-electron chi connectivity index (χ0n) is 20.7. The molecule has 2 aromatic heterocycles. The fraction of sp³-hybridized carbons (Fsp3) is 0.370. The Labute approximate surface area is 212 Å². The van der Waals surface area contributed by atoms with E-state index in [0.29, 0.717) is 37.7 Å². The van der Waals surface area contributed by atoms with E-state index in [1.165, 1.54) is 17.8 Å². The number of hydrogen-bond donors (Lipinski definition) is 0. The van der Waals surface area contributed by atoms with Crippen LogP contribution in [0.15, 0.2) is 61.9 Å². The van der Waals surface area contributed by atoms with Gasteiger partial charge in [-0.3, -0.25) is 9.36 Å². The molecule has 0 radical (unpaired) electrons. The predicted molar refractivity (Wildman–Crippen MR) is 138 cm³/mol. The second-order valence-corrected chi connectivity index (χ2v) is 9.78. The number of methoxy groups -OCH3 is 1. The first-order valence-corrected chi connectivity index (χ1v) is 13.0. The number of benzene rings is 1. The molecule has 1 saturated heterocycles. The molecule has 0 spiro atoms. The molecular weight excluding hydrogens is 478 g/mol. The summed E-state index contributed by atoms with van der Waals surface area (Å²) < 4.78 is 19.1. The van der Waals surface area contributed by atoms with Crippen molar-refractivity contribution in [3.8, 4) is 5.75 Å². The normalized spacial score (nSPS) is 18.1. The number of hydrogen-bond acceptors (Lipinski definition) is 8. The van der Waals surface area contributed by atoms with E-state index >= 15 is 0 Å². The molecule has 0 N–H and O–H groups in total. The fourth-order valence-corrected chi connectivity index (χ4v) is 5.84. The van der Waals surface area contributed by atoms with Crippen LogP contribution in [0.2, 0.25) is 0 Å². The summed E-state index contributed by atoms with van der Waals surface area (Å²) in [5.74, 6) is 1.50. The molecule has 5 rings (SSSR count). The summed E-state index contributed by atoms with van der Waals surface area (Å²) in [6, 6.07) is 10.5. The molecule has 2 aliphatic rings. The van der Waals surface area contributed by atoms with E-state index in [2.05, 4.69) is 9.89 Å². The largest absolute Gasteiger partial charge is 0.496 e. The van der Waals surface area contributed by atoms with Gasteiger partial charge in [0, 0.05) is 30.8 Å². The number of ether oxygens (including phenoxy) is 2. The van der Waals surface area contributed by atoms with Gasteiger partial charge in [-0.1, -0.05) is 29.5 Å². The van der Waals surface area contributed by atoms with Gasteiger partial charge in [-0.25, -0.2) is 9.79 Å². The lowest BCUT2D eigenvalue weighted by Gasteiger charge is -2.25. The quantitative estimate of drug-likeness (QED) is 0.476. The van der Waals surface area contributed by atoms with Gasteiger partial charge in [0.2, 0.25) is 0 Å². The zero-order chi connectivity index (χ0) is 25.2. The molecule has 0 aliphatic carbocycles. The van der Waals surface area contributed by atoms with Crippen LogP contribution in [0.4, 0.5) is 5.88 Å². The Morgan fingerprint density at radius 2 is 1.97 bits per heavy atom. The molecule has 4 heterocycles. The minimum absolute atomic E-state index is 0.219. The number of aromatic nitrogens is 1. The van der Waals surface area contributed by atoms with Crippen molar-refractivity contribution in [1.82, 2.24) is 4.57 Å². The second kappa shape index (κ2) is 10.2. The smallest absolute Gasteiger partial charge is 0.338 e. The highest BCUT2D eigenvalue weighted by Gasteiger charge is 2.35. The minimum atomic E-state index is -0.723. The van der Waals surface area contributed by atoms with Crippen molar-refractivity contribution in [2.45, 2.75) is 39.2 Å². The number of para-hydroxylation sites is 1. The van der Waals surface area contributed by atoms with E-state index < -0.39 is 12.0 Å². The van der Waals surface area contributed by atoms with Crippen molar-refractivity contribution in [2.24, 2.45) is 4.99 Å². The predicted octanol–water partition coefficient (Wildman–Crippen LogP) is 3.39. The number of fused-ring (bicyclic) bond motifs is 1. The van der Waals surface area contributed by atoms with Crippen molar-refractivity contribution in [2.75, 3.05) is 31.7 Å². The molecule has 188 valence electrons. The summed E-state index contributed by atoms with van der Waals surface area (Å²) in [5.41, 5.74) is 1.28. The van der Waals surface area contributed by atoms with E-state index in [9.17, 15) is 9.59 Å². The van der Waals surface area contributed by atoms with Crippen molar-refractivity contribution < 1.29 is 18.7 Å². The zero-order valence-corrected chi connectivity index (χ0v) is 21.5. The Balaban J connectivity index is 1.63. The van der Waals surface area contributed by atoms with Gasteiger partial charge in [0.25, 0.3) is 5.56 Å². The molecule has 36 heavy (non-hydrogen) atoms. The van der Waals surface area contributed by atoms with Gasteiger partial charge < -0.3 is 18.8 Å². The lowest BCUT2D eigenvalue weighted by Crippen LogP contribution is -2.40. The average Bonchev–Trinajstić information content (AvgIpc) is 3.48. The number of piperidine rings is 1.